The smallest absolute Gasteiger partial charge is 0.278 e. The first-order chi connectivity index (χ1) is 15.6. The van der Waals surface area contributed by atoms with Gasteiger partial charge in [0.05, 0.1) is 23.4 Å². The Balaban J connectivity index is 1.77. The van der Waals surface area contributed by atoms with Crippen LogP contribution in [0.3, 0.4) is 0 Å². The van der Waals surface area contributed by atoms with Gasteiger partial charge in [0.1, 0.15) is 34.4 Å². The average molecular weight is 561 g/mol. The normalized spacial score (nSPS) is 11.3. The van der Waals surface area contributed by atoms with Crippen molar-refractivity contribution in [1.29, 1.82) is 0 Å². The predicted molar refractivity (Wildman–Crippen MR) is 125 cm³/mol. The van der Waals surface area contributed by atoms with Crippen molar-refractivity contribution in [2.24, 2.45) is 0 Å². The van der Waals surface area contributed by atoms with Crippen molar-refractivity contribution in [2.45, 2.75) is 13.3 Å². The highest BCUT2D eigenvalue weighted by atomic mass is 79.9. The molecule has 0 spiro atoms. The molecule has 8 nitrogen and oxygen atoms in total. The van der Waals surface area contributed by atoms with E-state index < -0.39 is 27.6 Å². The maximum absolute atomic E-state index is 14.0. The highest BCUT2D eigenvalue weighted by molar-refractivity contribution is 9.10. The van der Waals surface area contributed by atoms with Crippen molar-refractivity contribution in [3.05, 3.63) is 57.1 Å². The summed E-state index contributed by atoms with van der Waals surface area (Å²) in [7, 11) is -3.75. The molecule has 0 radical (unpaired) electrons. The van der Waals surface area contributed by atoms with Crippen molar-refractivity contribution < 1.29 is 26.7 Å². The van der Waals surface area contributed by atoms with Crippen molar-refractivity contribution in [1.82, 2.24) is 14.7 Å². The molecule has 1 aromatic carbocycles. The van der Waals surface area contributed by atoms with Crippen LogP contribution in [0, 0.1) is 11.6 Å². The van der Waals surface area contributed by atoms with Gasteiger partial charge in [0.15, 0.2) is 0 Å². The Morgan fingerprint density at radius 2 is 1.88 bits per heavy atom. The largest absolute Gasteiger partial charge is 0.492 e. The third-order valence-electron chi connectivity index (χ3n) is 4.19. The lowest BCUT2D eigenvalue weighted by molar-refractivity contribution is 0.0982. The summed E-state index contributed by atoms with van der Waals surface area (Å²) in [5.41, 5.74) is 0.416. The number of carbonyl (C=O) groups excluding carboxylic acids is 1. The van der Waals surface area contributed by atoms with Gasteiger partial charge in [0, 0.05) is 28.7 Å². The van der Waals surface area contributed by atoms with Crippen LogP contribution in [-0.2, 0) is 16.4 Å². The number of halogens is 3. The number of sulfonamides is 1. The summed E-state index contributed by atoms with van der Waals surface area (Å²) in [5, 5.41) is 2.99. The van der Waals surface area contributed by atoms with Gasteiger partial charge in [-0.05, 0) is 25.5 Å². The van der Waals surface area contributed by atoms with E-state index in [1.54, 1.807) is 19.1 Å². The van der Waals surface area contributed by atoms with Crippen molar-refractivity contribution in [3.8, 4) is 16.3 Å². The summed E-state index contributed by atoms with van der Waals surface area (Å²) in [5.74, 6) is -1.45. The molecule has 13 heteroatoms. The predicted octanol–water partition coefficient (Wildman–Crippen LogP) is 3.99. The number of anilines is 1. The van der Waals surface area contributed by atoms with Crippen LogP contribution in [0.5, 0.6) is 5.75 Å². The SMILES string of the molecule is CCOc1cc(-c2cc(NCCc3c(F)cc(Br)cc3F)ncn2)sc1C(=O)NS(C)(=O)=O. The summed E-state index contributed by atoms with van der Waals surface area (Å²) in [6, 6.07) is 5.59. The van der Waals surface area contributed by atoms with Gasteiger partial charge in [-0.2, -0.15) is 0 Å². The molecule has 176 valence electrons. The molecule has 2 aromatic heterocycles. The van der Waals surface area contributed by atoms with Crippen LogP contribution in [0.4, 0.5) is 14.6 Å². The summed E-state index contributed by atoms with van der Waals surface area (Å²) in [6.07, 6.45) is 2.27. The number of rotatable bonds is 9. The lowest BCUT2D eigenvalue weighted by Gasteiger charge is -2.08. The highest BCUT2D eigenvalue weighted by Gasteiger charge is 2.21. The van der Waals surface area contributed by atoms with Crippen LogP contribution in [0.2, 0.25) is 0 Å². The van der Waals surface area contributed by atoms with Crippen LogP contribution >= 0.6 is 27.3 Å². The number of benzene rings is 1. The van der Waals surface area contributed by atoms with Crippen LogP contribution in [0.15, 0.2) is 35.1 Å². The average Bonchev–Trinajstić information content (AvgIpc) is 3.13. The Labute approximate surface area is 201 Å². The van der Waals surface area contributed by atoms with Crippen molar-refractivity contribution in [2.75, 3.05) is 24.7 Å². The van der Waals surface area contributed by atoms with Gasteiger partial charge in [0.25, 0.3) is 5.91 Å². The summed E-state index contributed by atoms with van der Waals surface area (Å²) in [6.45, 7) is 2.22. The second kappa shape index (κ2) is 10.5. The van der Waals surface area contributed by atoms with Gasteiger partial charge in [-0.25, -0.2) is 31.9 Å². The first-order valence-electron chi connectivity index (χ1n) is 9.56. The fourth-order valence-electron chi connectivity index (χ4n) is 2.85. The van der Waals surface area contributed by atoms with E-state index in [0.29, 0.717) is 20.9 Å². The second-order valence-electron chi connectivity index (χ2n) is 6.75. The Hall–Kier alpha value is -2.64. The summed E-state index contributed by atoms with van der Waals surface area (Å²) in [4.78, 5) is 21.3. The van der Waals surface area contributed by atoms with E-state index in [0.717, 1.165) is 17.6 Å². The number of nitrogens with one attached hydrogen (secondary N) is 2. The molecule has 0 aliphatic heterocycles. The molecule has 3 aromatic rings. The van der Waals surface area contributed by atoms with Crippen LogP contribution in [0.25, 0.3) is 10.6 Å². The molecule has 0 saturated heterocycles. The molecule has 0 atom stereocenters. The number of carbonyl (C=O) groups is 1. The van der Waals surface area contributed by atoms with Crippen LogP contribution in [0.1, 0.15) is 22.2 Å². The highest BCUT2D eigenvalue weighted by Crippen LogP contribution is 2.36. The Bertz CT molecular complexity index is 1260. The maximum atomic E-state index is 14.0. The molecule has 1 amide bonds. The molecule has 3 rings (SSSR count). The van der Waals surface area contributed by atoms with Gasteiger partial charge < -0.3 is 10.1 Å². The topological polar surface area (TPSA) is 110 Å². The second-order valence-corrected chi connectivity index (χ2v) is 10.5. The molecule has 0 aliphatic rings. The first-order valence-corrected chi connectivity index (χ1v) is 13.1. The molecule has 0 aliphatic carbocycles. The molecule has 33 heavy (non-hydrogen) atoms. The van der Waals surface area contributed by atoms with E-state index in [9.17, 15) is 22.0 Å². The zero-order valence-corrected chi connectivity index (χ0v) is 20.7. The molecule has 0 bridgehead atoms. The molecule has 0 unspecified atom stereocenters. The third-order valence-corrected chi connectivity index (χ3v) is 6.34. The fraction of sp³-hybridized carbons (Fsp3) is 0.250. The van der Waals surface area contributed by atoms with Gasteiger partial charge in [-0.1, -0.05) is 15.9 Å². The van der Waals surface area contributed by atoms with Gasteiger partial charge in [0.2, 0.25) is 10.0 Å². The maximum Gasteiger partial charge on any atom is 0.278 e. The molecule has 2 heterocycles. The van der Waals surface area contributed by atoms with E-state index in [1.807, 2.05) is 4.72 Å². The molecular weight excluding hydrogens is 542 g/mol. The lowest BCUT2D eigenvalue weighted by atomic mass is 10.1. The minimum Gasteiger partial charge on any atom is -0.492 e. The van der Waals surface area contributed by atoms with E-state index in [1.165, 1.54) is 18.5 Å². The Morgan fingerprint density at radius 1 is 1.18 bits per heavy atom. The number of hydrogen-bond donors (Lipinski definition) is 2. The van der Waals surface area contributed by atoms with E-state index >= 15 is 0 Å². The number of amides is 1. The zero-order chi connectivity index (χ0) is 24.2. The standard InChI is InChI=1S/C20H19BrF2N4O4S2/c1-3-31-16-9-17(32-19(16)20(28)27-33(2,29)30)15-8-18(26-10-25-15)24-5-4-12-13(22)6-11(21)7-14(12)23/h6-10H,3-5H2,1-2H3,(H,27,28)(H,24,25,26). The van der Waals surface area contributed by atoms with E-state index in [2.05, 4.69) is 31.2 Å². The molecular formula is C20H19BrF2N4O4S2. The van der Waals surface area contributed by atoms with Crippen molar-refractivity contribution >= 4 is 49.0 Å². The van der Waals surface area contributed by atoms with E-state index in [4.69, 9.17) is 4.74 Å². The monoisotopic (exact) mass is 560 g/mol. The van der Waals surface area contributed by atoms with Gasteiger partial charge in [-0.15, -0.1) is 11.3 Å². The quantitative estimate of drug-likeness (QED) is 0.407. The molecule has 0 saturated carbocycles. The fourth-order valence-corrected chi connectivity index (χ4v) is 4.72. The number of hydrogen-bond acceptors (Lipinski definition) is 8. The van der Waals surface area contributed by atoms with Crippen LogP contribution in [-0.4, -0.2) is 43.7 Å². The zero-order valence-electron chi connectivity index (χ0n) is 17.5. The number of ether oxygens (including phenoxy) is 1. The van der Waals surface area contributed by atoms with Gasteiger partial charge in [-0.3, -0.25) is 4.79 Å². The van der Waals surface area contributed by atoms with Gasteiger partial charge >= 0.3 is 0 Å². The minimum atomic E-state index is -3.75. The summed E-state index contributed by atoms with van der Waals surface area (Å²) >= 11 is 4.06. The number of thiophene rings is 1. The van der Waals surface area contributed by atoms with E-state index in [-0.39, 0.29) is 35.8 Å². The number of nitrogens with zero attached hydrogens (tertiary/aromatic N) is 2. The number of aromatic nitrogens is 2. The Kier molecular flexibility index (Phi) is 7.97. The first kappa shape index (κ1) is 25.0. The van der Waals surface area contributed by atoms with Crippen molar-refractivity contribution in [3.63, 3.8) is 0 Å². The molecule has 0 fully saturated rings. The summed E-state index contributed by atoms with van der Waals surface area (Å²) < 4.78 is 58.5. The van der Waals surface area contributed by atoms with Crippen LogP contribution < -0.4 is 14.8 Å². The minimum absolute atomic E-state index is 0.0406. The lowest BCUT2D eigenvalue weighted by Crippen LogP contribution is -2.28. The Morgan fingerprint density at radius 3 is 2.52 bits per heavy atom. The molecule has 2 N–H and O–H groups in total. The third kappa shape index (κ3) is 6.68.